The van der Waals surface area contributed by atoms with Gasteiger partial charge in [0, 0.05) is 0 Å². The van der Waals surface area contributed by atoms with E-state index in [4.69, 9.17) is 10.5 Å². The highest BCUT2D eigenvalue weighted by Gasteiger charge is 2.30. The zero-order valence-electron chi connectivity index (χ0n) is 12.0. The number of halogens is 3. The summed E-state index contributed by atoms with van der Waals surface area (Å²) >= 11 is 5.68. The van der Waals surface area contributed by atoms with E-state index in [1.165, 1.54) is 12.1 Å². The Morgan fingerprint density at radius 1 is 1.29 bits per heavy atom. The van der Waals surface area contributed by atoms with Crippen LogP contribution in [0.25, 0.3) is 0 Å². The molecule has 0 radical (unpaired) electrons. The Kier molecular flexibility index (Phi) is 5.62. The molecule has 0 saturated carbocycles. The summed E-state index contributed by atoms with van der Waals surface area (Å²) < 4.78 is 43.5. The topological polar surface area (TPSA) is 76.4 Å². The molecule has 4 N–H and O–H groups in total. The van der Waals surface area contributed by atoms with E-state index in [-0.39, 0.29) is 22.3 Å². The van der Waals surface area contributed by atoms with Gasteiger partial charge in [0.1, 0.15) is 17.2 Å². The van der Waals surface area contributed by atoms with Gasteiger partial charge in [0.15, 0.2) is 5.11 Å². The van der Waals surface area contributed by atoms with Crippen molar-refractivity contribution in [3.8, 4) is 5.75 Å². The Labute approximate surface area is 144 Å². The van der Waals surface area contributed by atoms with Crippen LogP contribution in [-0.4, -0.2) is 11.0 Å². The molecule has 1 aromatic carbocycles. The van der Waals surface area contributed by atoms with Crippen molar-refractivity contribution in [3.05, 3.63) is 51.7 Å². The van der Waals surface area contributed by atoms with Crippen LogP contribution < -0.4 is 21.3 Å². The van der Waals surface area contributed by atoms with Crippen LogP contribution in [0.5, 0.6) is 5.75 Å². The predicted molar refractivity (Wildman–Crippen MR) is 87.5 cm³/mol. The molecule has 10 heteroatoms. The number of alkyl halides is 3. The maximum absolute atomic E-state index is 12.7. The van der Waals surface area contributed by atoms with Gasteiger partial charge in [0.25, 0.3) is 5.91 Å². The fraction of sp³-hybridized carbons (Fsp3) is 0.143. The van der Waals surface area contributed by atoms with Crippen LogP contribution in [0.15, 0.2) is 35.7 Å². The lowest BCUT2D eigenvalue weighted by atomic mass is 10.1. The average molecular weight is 375 g/mol. The third-order valence-corrected chi connectivity index (χ3v) is 3.78. The molecule has 1 heterocycles. The lowest BCUT2D eigenvalue weighted by Crippen LogP contribution is -2.44. The molecule has 0 aliphatic carbocycles. The Hall–Kier alpha value is -2.33. The second kappa shape index (κ2) is 7.49. The number of benzene rings is 1. The number of hydrogen-bond acceptors (Lipinski definition) is 4. The second-order valence-corrected chi connectivity index (χ2v) is 5.90. The number of ether oxygens (including phenoxy) is 1. The average Bonchev–Trinajstić information content (AvgIpc) is 2.98. The fourth-order valence-electron chi connectivity index (χ4n) is 1.75. The molecule has 0 unspecified atom stereocenters. The Morgan fingerprint density at radius 2 is 2.04 bits per heavy atom. The predicted octanol–water partition coefficient (Wildman–Crippen LogP) is 2.82. The first-order chi connectivity index (χ1) is 11.3. The fourth-order valence-corrected chi connectivity index (χ4v) is 2.53. The van der Waals surface area contributed by atoms with Crippen LogP contribution in [-0.2, 0) is 12.8 Å². The molecule has 2 rings (SSSR count). The lowest BCUT2D eigenvalue weighted by Gasteiger charge is -2.11. The number of rotatable bonds is 4. The van der Waals surface area contributed by atoms with Gasteiger partial charge < -0.3 is 10.5 Å². The van der Waals surface area contributed by atoms with Gasteiger partial charge in [-0.15, -0.1) is 11.3 Å². The molecule has 0 bridgehead atoms. The molecule has 0 fully saturated rings. The van der Waals surface area contributed by atoms with Crippen LogP contribution in [0.3, 0.4) is 0 Å². The minimum absolute atomic E-state index is 0.105. The summed E-state index contributed by atoms with van der Waals surface area (Å²) in [6.07, 6.45) is -4.42. The molecule has 0 spiro atoms. The Bertz CT molecular complexity index is 747. The quantitative estimate of drug-likeness (QED) is 0.566. The van der Waals surface area contributed by atoms with E-state index < -0.39 is 17.6 Å². The first kappa shape index (κ1) is 18.0. The number of carbonyl (C=O) groups excluding carboxylic acids is 1. The first-order valence-electron chi connectivity index (χ1n) is 6.49. The molecule has 0 aliphatic heterocycles. The molecule has 2 aromatic rings. The number of nitrogens with one attached hydrogen (secondary N) is 2. The Balaban J connectivity index is 2.04. The second-order valence-electron chi connectivity index (χ2n) is 4.54. The van der Waals surface area contributed by atoms with E-state index >= 15 is 0 Å². The number of carbonyl (C=O) groups is 1. The number of hydrazine groups is 1. The van der Waals surface area contributed by atoms with Crippen LogP contribution in [0.1, 0.15) is 20.8 Å². The molecule has 5 nitrogen and oxygen atoms in total. The summed E-state index contributed by atoms with van der Waals surface area (Å²) in [5.74, 6) is -0.267. The van der Waals surface area contributed by atoms with Gasteiger partial charge in [-0.2, -0.15) is 13.2 Å². The minimum Gasteiger partial charge on any atom is -0.487 e. The molecule has 1 aromatic heterocycles. The van der Waals surface area contributed by atoms with E-state index in [1.54, 1.807) is 11.4 Å². The largest absolute Gasteiger partial charge is 0.487 e. The molecule has 0 atom stereocenters. The maximum atomic E-state index is 12.7. The molecule has 0 aliphatic rings. The molecular weight excluding hydrogens is 363 g/mol. The lowest BCUT2D eigenvalue weighted by molar-refractivity contribution is -0.137. The van der Waals surface area contributed by atoms with Gasteiger partial charge in [-0.25, -0.2) is 0 Å². The van der Waals surface area contributed by atoms with E-state index in [0.29, 0.717) is 5.56 Å². The summed E-state index contributed by atoms with van der Waals surface area (Å²) in [5, 5.41) is 1.52. The summed E-state index contributed by atoms with van der Waals surface area (Å²) in [7, 11) is 0. The number of thiocarbonyl (C=S) groups is 1. The summed E-state index contributed by atoms with van der Waals surface area (Å²) in [6.45, 7) is -0.107. The zero-order valence-corrected chi connectivity index (χ0v) is 13.6. The maximum Gasteiger partial charge on any atom is 0.416 e. The van der Waals surface area contributed by atoms with Crippen molar-refractivity contribution in [2.75, 3.05) is 0 Å². The molecule has 128 valence electrons. The number of hydrogen-bond donors (Lipinski definition) is 3. The van der Waals surface area contributed by atoms with Gasteiger partial charge in [0.05, 0.1) is 5.56 Å². The molecular formula is C14H12F3N3O2S2. The molecule has 1 amide bonds. The summed E-state index contributed by atoms with van der Waals surface area (Å²) in [5.41, 5.74) is 9.35. The SMILES string of the molecule is NC(=S)NNC(=O)c1sccc1OCc1cccc(C(F)(F)F)c1. The smallest absolute Gasteiger partial charge is 0.416 e. The standard InChI is InChI=1S/C14H12F3N3O2S2/c15-14(16,17)9-3-1-2-8(6-9)7-22-10-4-5-24-11(10)12(21)19-20-13(18)23/h1-6H,7H2,(H,19,21)(H3,18,20,23). The molecule has 24 heavy (non-hydrogen) atoms. The highest BCUT2D eigenvalue weighted by molar-refractivity contribution is 7.80. The highest BCUT2D eigenvalue weighted by atomic mass is 32.1. The van der Waals surface area contributed by atoms with Gasteiger partial charge in [-0.05, 0) is 41.4 Å². The summed E-state index contributed by atoms with van der Waals surface area (Å²) in [4.78, 5) is 12.2. The van der Waals surface area contributed by atoms with Crippen LogP contribution >= 0.6 is 23.6 Å². The number of thiophene rings is 1. The highest BCUT2D eigenvalue weighted by Crippen LogP contribution is 2.30. The number of nitrogens with two attached hydrogens (primary N) is 1. The van der Waals surface area contributed by atoms with Gasteiger partial charge in [-0.1, -0.05) is 12.1 Å². The minimum atomic E-state index is -4.42. The summed E-state index contributed by atoms with van der Waals surface area (Å²) in [6, 6.07) is 6.34. The van der Waals surface area contributed by atoms with E-state index in [1.807, 2.05) is 0 Å². The first-order valence-corrected chi connectivity index (χ1v) is 7.78. The van der Waals surface area contributed by atoms with Crippen LogP contribution in [0, 0.1) is 0 Å². The third kappa shape index (κ3) is 4.83. The van der Waals surface area contributed by atoms with Crippen molar-refractivity contribution < 1.29 is 22.7 Å². The van der Waals surface area contributed by atoms with E-state index in [2.05, 4.69) is 23.1 Å². The van der Waals surface area contributed by atoms with Gasteiger partial charge in [0.2, 0.25) is 0 Å². The van der Waals surface area contributed by atoms with E-state index in [9.17, 15) is 18.0 Å². The van der Waals surface area contributed by atoms with Crippen LogP contribution in [0.2, 0.25) is 0 Å². The van der Waals surface area contributed by atoms with Crippen LogP contribution in [0.4, 0.5) is 13.2 Å². The zero-order chi connectivity index (χ0) is 17.7. The van der Waals surface area contributed by atoms with Gasteiger partial charge in [-0.3, -0.25) is 15.6 Å². The van der Waals surface area contributed by atoms with E-state index in [0.717, 1.165) is 23.5 Å². The van der Waals surface area contributed by atoms with Gasteiger partial charge >= 0.3 is 6.18 Å². The van der Waals surface area contributed by atoms with Crippen molar-refractivity contribution in [2.24, 2.45) is 5.73 Å². The molecule has 0 saturated heterocycles. The number of amides is 1. The van der Waals surface area contributed by atoms with Crippen molar-refractivity contribution in [1.82, 2.24) is 10.9 Å². The van der Waals surface area contributed by atoms with Crippen molar-refractivity contribution in [1.29, 1.82) is 0 Å². The van der Waals surface area contributed by atoms with Crippen molar-refractivity contribution in [3.63, 3.8) is 0 Å². The van der Waals surface area contributed by atoms with Crippen molar-refractivity contribution in [2.45, 2.75) is 12.8 Å². The third-order valence-electron chi connectivity index (χ3n) is 2.78. The monoisotopic (exact) mass is 375 g/mol. The normalized spacial score (nSPS) is 11.0. The van der Waals surface area contributed by atoms with Crippen molar-refractivity contribution >= 4 is 34.6 Å². The Morgan fingerprint density at radius 3 is 2.71 bits per heavy atom.